The molecular weight excluding hydrogens is 264 g/mol. The van der Waals surface area contributed by atoms with E-state index in [-0.39, 0.29) is 12.0 Å². The minimum atomic E-state index is -1.03. The van der Waals surface area contributed by atoms with Crippen LogP contribution in [0.5, 0.6) is 0 Å². The van der Waals surface area contributed by atoms with Gasteiger partial charge >= 0.3 is 0 Å². The molecule has 0 aromatic heterocycles. The molecule has 0 saturated carbocycles. The van der Waals surface area contributed by atoms with Gasteiger partial charge in [-0.1, -0.05) is 13.8 Å². The zero-order chi connectivity index (χ0) is 15.0. The van der Waals surface area contributed by atoms with Gasteiger partial charge in [0.15, 0.2) is 12.6 Å². The molecule has 0 radical (unpaired) electrons. The Hall–Kier alpha value is -0.240. The molecule has 118 valence electrons. The Labute approximate surface area is 120 Å². The van der Waals surface area contributed by atoms with E-state index in [9.17, 15) is 10.2 Å². The molecule has 6 nitrogen and oxygen atoms in total. The van der Waals surface area contributed by atoms with Crippen LogP contribution in [0.3, 0.4) is 0 Å². The monoisotopic (exact) mass is 290 g/mol. The predicted octanol–water partition coefficient (Wildman–Crippen LogP) is 0.508. The van der Waals surface area contributed by atoms with Crippen LogP contribution in [0, 0.1) is 10.8 Å². The number of aliphatic hydroxyl groups excluding tert-OH is 1. The van der Waals surface area contributed by atoms with Crippen LogP contribution in [0.1, 0.15) is 27.7 Å². The third-order valence-corrected chi connectivity index (χ3v) is 3.79. The van der Waals surface area contributed by atoms with Gasteiger partial charge in [0.1, 0.15) is 5.60 Å². The summed E-state index contributed by atoms with van der Waals surface area (Å²) >= 11 is 0. The zero-order valence-electron chi connectivity index (χ0n) is 12.7. The Balaban J connectivity index is 1.89. The molecular formula is C14H26O6. The highest BCUT2D eigenvalue weighted by atomic mass is 16.7. The largest absolute Gasteiger partial charge is 0.396 e. The highest BCUT2D eigenvalue weighted by Gasteiger charge is 2.47. The molecule has 0 aromatic rings. The number of ether oxygens (including phenoxy) is 4. The molecule has 0 amide bonds. The van der Waals surface area contributed by atoms with E-state index in [1.54, 1.807) is 13.8 Å². The van der Waals surface area contributed by atoms with Crippen molar-refractivity contribution >= 4 is 0 Å². The normalized spacial score (nSPS) is 36.3. The Bertz CT molecular complexity index is 317. The van der Waals surface area contributed by atoms with Crippen LogP contribution >= 0.6 is 0 Å². The van der Waals surface area contributed by atoms with Gasteiger partial charge in [0.05, 0.1) is 38.4 Å². The number of hydrogen-bond acceptors (Lipinski definition) is 6. The molecule has 0 atom stereocenters. The third kappa shape index (κ3) is 3.32. The van der Waals surface area contributed by atoms with Gasteiger partial charge in [0.25, 0.3) is 0 Å². The van der Waals surface area contributed by atoms with Crippen molar-refractivity contribution in [2.24, 2.45) is 10.8 Å². The maximum absolute atomic E-state index is 9.87. The molecule has 0 aromatic carbocycles. The molecule has 2 heterocycles. The first-order chi connectivity index (χ1) is 9.19. The highest BCUT2D eigenvalue weighted by molar-refractivity contribution is 4.88. The predicted molar refractivity (Wildman–Crippen MR) is 71.0 cm³/mol. The van der Waals surface area contributed by atoms with Gasteiger partial charge in [-0.3, -0.25) is 0 Å². The summed E-state index contributed by atoms with van der Waals surface area (Å²) in [5.74, 6) is 0. The van der Waals surface area contributed by atoms with Gasteiger partial charge in [-0.2, -0.15) is 0 Å². The molecule has 6 heteroatoms. The molecule has 2 aliphatic heterocycles. The molecule has 2 fully saturated rings. The van der Waals surface area contributed by atoms with Gasteiger partial charge < -0.3 is 29.2 Å². The number of rotatable bonds is 3. The first-order valence-electron chi connectivity index (χ1n) is 6.98. The van der Waals surface area contributed by atoms with E-state index in [4.69, 9.17) is 18.9 Å². The van der Waals surface area contributed by atoms with E-state index in [1.807, 2.05) is 13.8 Å². The molecule has 2 N–H and O–H groups in total. The summed E-state index contributed by atoms with van der Waals surface area (Å²) in [4.78, 5) is 0. The summed E-state index contributed by atoms with van der Waals surface area (Å²) in [6.45, 7) is 8.87. The Morgan fingerprint density at radius 1 is 0.900 bits per heavy atom. The topological polar surface area (TPSA) is 77.4 Å². The molecule has 2 rings (SSSR count). The van der Waals surface area contributed by atoms with Crippen LogP contribution in [0.4, 0.5) is 0 Å². The molecule has 1 spiro atoms. The van der Waals surface area contributed by atoms with Crippen LogP contribution in [-0.4, -0.2) is 61.4 Å². The van der Waals surface area contributed by atoms with E-state index < -0.39 is 23.6 Å². The number of hydrogen-bond donors (Lipinski definition) is 2. The lowest BCUT2D eigenvalue weighted by Crippen LogP contribution is -2.57. The third-order valence-electron chi connectivity index (χ3n) is 3.79. The molecule has 0 unspecified atom stereocenters. The summed E-state index contributed by atoms with van der Waals surface area (Å²) in [7, 11) is 0. The first-order valence-corrected chi connectivity index (χ1v) is 6.98. The molecule has 2 aliphatic rings. The smallest absolute Gasteiger partial charge is 0.185 e. The molecule has 0 aliphatic carbocycles. The van der Waals surface area contributed by atoms with Crippen molar-refractivity contribution in [1.82, 2.24) is 0 Å². The van der Waals surface area contributed by atoms with E-state index in [2.05, 4.69) is 0 Å². The summed E-state index contributed by atoms with van der Waals surface area (Å²) in [5.41, 5.74) is -1.79. The fourth-order valence-corrected chi connectivity index (χ4v) is 2.29. The molecule has 0 bridgehead atoms. The lowest BCUT2D eigenvalue weighted by Gasteiger charge is -2.47. The van der Waals surface area contributed by atoms with Gasteiger partial charge in [0.2, 0.25) is 0 Å². The SMILES string of the molecule is CC(C)(O)C1OCC2(CO1)COC(C(C)(C)CO)OC2. The Morgan fingerprint density at radius 3 is 1.65 bits per heavy atom. The Kier molecular flexibility index (Phi) is 4.45. The van der Waals surface area contributed by atoms with E-state index in [0.717, 1.165) is 0 Å². The quantitative estimate of drug-likeness (QED) is 0.788. The van der Waals surface area contributed by atoms with Crippen molar-refractivity contribution in [2.45, 2.75) is 45.9 Å². The fourth-order valence-electron chi connectivity index (χ4n) is 2.29. The highest BCUT2D eigenvalue weighted by Crippen LogP contribution is 2.36. The first kappa shape index (κ1) is 16.1. The standard InChI is InChI=1S/C14H26O6/c1-12(2,5-15)10-17-6-14(7-18-10)8-19-11(20-9-14)13(3,4)16/h10-11,15-16H,5-9H2,1-4H3. The second-order valence-electron chi connectivity index (χ2n) is 7.21. The molecule has 20 heavy (non-hydrogen) atoms. The van der Waals surface area contributed by atoms with Gasteiger partial charge in [-0.25, -0.2) is 0 Å². The maximum atomic E-state index is 9.87. The van der Waals surface area contributed by atoms with Crippen molar-refractivity contribution in [3.8, 4) is 0 Å². The van der Waals surface area contributed by atoms with Crippen LogP contribution in [0.2, 0.25) is 0 Å². The summed E-state index contributed by atoms with van der Waals surface area (Å²) in [6.07, 6.45) is -1.05. The minimum Gasteiger partial charge on any atom is -0.396 e. The average molecular weight is 290 g/mol. The maximum Gasteiger partial charge on any atom is 0.185 e. The lowest BCUT2D eigenvalue weighted by molar-refractivity contribution is -0.341. The van der Waals surface area contributed by atoms with Crippen LogP contribution < -0.4 is 0 Å². The number of aliphatic hydroxyl groups is 2. The van der Waals surface area contributed by atoms with Crippen LogP contribution in [0.15, 0.2) is 0 Å². The Morgan fingerprint density at radius 2 is 1.30 bits per heavy atom. The summed E-state index contributed by atoms with van der Waals surface area (Å²) in [5, 5.41) is 19.2. The van der Waals surface area contributed by atoms with Gasteiger partial charge in [0, 0.05) is 5.41 Å². The fraction of sp³-hybridized carbons (Fsp3) is 1.00. The molecule has 2 saturated heterocycles. The van der Waals surface area contributed by atoms with E-state index in [1.165, 1.54) is 0 Å². The van der Waals surface area contributed by atoms with Crippen LogP contribution in [-0.2, 0) is 18.9 Å². The average Bonchev–Trinajstić information content (AvgIpc) is 2.39. The second-order valence-corrected chi connectivity index (χ2v) is 7.21. The van der Waals surface area contributed by atoms with Crippen LogP contribution in [0.25, 0.3) is 0 Å². The van der Waals surface area contributed by atoms with Crippen molar-refractivity contribution in [1.29, 1.82) is 0 Å². The second kappa shape index (κ2) is 5.51. The van der Waals surface area contributed by atoms with E-state index >= 15 is 0 Å². The minimum absolute atomic E-state index is 0.00155. The zero-order valence-corrected chi connectivity index (χ0v) is 12.7. The van der Waals surface area contributed by atoms with E-state index in [0.29, 0.717) is 26.4 Å². The summed E-state index contributed by atoms with van der Waals surface area (Å²) in [6, 6.07) is 0. The lowest BCUT2D eigenvalue weighted by atomic mass is 9.88. The van der Waals surface area contributed by atoms with Crippen molar-refractivity contribution in [2.75, 3.05) is 33.0 Å². The van der Waals surface area contributed by atoms with Crippen molar-refractivity contribution in [3.63, 3.8) is 0 Å². The summed E-state index contributed by atoms with van der Waals surface area (Å²) < 4.78 is 22.7. The van der Waals surface area contributed by atoms with Crippen molar-refractivity contribution < 1.29 is 29.2 Å². The van der Waals surface area contributed by atoms with Gasteiger partial charge in [-0.15, -0.1) is 0 Å². The van der Waals surface area contributed by atoms with Crippen molar-refractivity contribution in [3.05, 3.63) is 0 Å². The van der Waals surface area contributed by atoms with Gasteiger partial charge in [-0.05, 0) is 13.8 Å².